The number of carbonyl (C=O) groups is 4. The maximum Gasteiger partial charge on any atom is 0.243 e. The molecule has 4 amide bonds. The Morgan fingerprint density at radius 1 is 1.14 bits per heavy atom. The topological polar surface area (TPSA) is 102 Å². The van der Waals surface area contributed by atoms with Gasteiger partial charge in [0.2, 0.25) is 24.1 Å². The molecule has 2 saturated heterocycles. The molecule has 3 rings (SSSR count). The average Bonchev–Trinajstić information content (AvgIpc) is 2.71. The van der Waals surface area contributed by atoms with E-state index in [1.54, 1.807) is 4.90 Å². The highest BCUT2D eigenvalue weighted by Gasteiger charge is 2.35. The van der Waals surface area contributed by atoms with Crippen LogP contribution in [0.15, 0.2) is 24.3 Å². The minimum Gasteiger partial charge on any atom is -0.353 e. The zero-order valence-corrected chi connectivity index (χ0v) is 16.0. The third-order valence-electron chi connectivity index (χ3n) is 5.07. The first-order chi connectivity index (χ1) is 14.0. The number of rotatable bonds is 6. The van der Waals surface area contributed by atoms with Crippen LogP contribution in [0.2, 0.25) is 0 Å². The van der Waals surface area contributed by atoms with Crippen LogP contribution in [0.4, 0.5) is 10.1 Å². The first kappa shape index (κ1) is 20.7. The normalized spacial score (nSPS) is 20.2. The maximum absolute atomic E-state index is 13.0. The molecule has 9 nitrogen and oxygen atoms in total. The second kappa shape index (κ2) is 9.46. The SMILES string of the molecule is O=CN1CCN(CC(=O)N2CCNC(=O)[C@H]2CC(=O)Nc2ccc(F)cc2)CC1. The summed E-state index contributed by atoms with van der Waals surface area (Å²) in [6, 6.07) is 4.41. The van der Waals surface area contributed by atoms with Gasteiger partial charge < -0.3 is 20.4 Å². The van der Waals surface area contributed by atoms with E-state index in [9.17, 15) is 23.6 Å². The Balaban J connectivity index is 1.58. The zero-order valence-electron chi connectivity index (χ0n) is 16.0. The third kappa shape index (κ3) is 5.50. The standard InChI is InChI=1S/C19H24FN5O4/c20-14-1-3-15(4-2-14)22-17(27)11-16-19(29)21-5-6-25(16)18(28)12-23-7-9-24(13-26)10-8-23/h1-4,13,16H,5-12H2,(H,21,29)(H,22,27)/t16-/m1/s1. The Labute approximate surface area is 167 Å². The van der Waals surface area contributed by atoms with Crippen molar-refractivity contribution in [3.63, 3.8) is 0 Å². The van der Waals surface area contributed by atoms with Gasteiger partial charge in [0.05, 0.1) is 13.0 Å². The van der Waals surface area contributed by atoms with Gasteiger partial charge in [0.15, 0.2) is 0 Å². The second-order valence-electron chi connectivity index (χ2n) is 7.07. The summed E-state index contributed by atoms with van der Waals surface area (Å²) in [7, 11) is 0. The van der Waals surface area contributed by atoms with Crippen molar-refractivity contribution in [2.24, 2.45) is 0 Å². The summed E-state index contributed by atoms with van der Waals surface area (Å²) in [5.74, 6) is -1.44. The van der Waals surface area contributed by atoms with Gasteiger partial charge in [-0.2, -0.15) is 0 Å². The van der Waals surface area contributed by atoms with Crippen molar-refractivity contribution in [3.05, 3.63) is 30.1 Å². The van der Waals surface area contributed by atoms with E-state index in [0.717, 1.165) is 6.41 Å². The summed E-state index contributed by atoms with van der Waals surface area (Å²) in [4.78, 5) is 53.3. The lowest BCUT2D eigenvalue weighted by Gasteiger charge is -2.37. The third-order valence-corrected chi connectivity index (χ3v) is 5.07. The number of carbonyl (C=O) groups excluding carboxylic acids is 4. The molecule has 2 fully saturated rings. The van der Waals surface area contributed by atoms with Crippen molar-refractivity contribution in [3.8, 4) is 0 Å². The van der Waals surface area contributed by atoms with E-state index in [2.05, 4.69) is 10.6 Å². The van der Waals surface area contributed by atoms with Gasteiger partial charge in [0, 0.05) is 45.0 Å². The molecular formula is C19H24FN5O4. The number of amides is 4. The highest BCUT2D eigenvalue weighted by molar-refractivity contribution is 5.97. The Morgan fingerprint density at radius 2 is 1.83 bits per heavy atom. The van der Waals surface area contributed by atoms with Crippen molar-refractivity contribution >= 4 is 29.8 Å². The van der Waals surface area contributed by atoms with Crippen LogP contribution < -0.4 is 10.6 Å². The molecule has 29 heavy (non-hydrogen) atoms. The van der Waals surface area contributed by atoms with Gasteiger partial charge >= 0.3 is 0 Å². The number of nitrogens with zero attached hydrogens (tertiary/aromatic N) is 3. The summed E-state index contributed by atoms with van der Waals surface area (Å²) in [5, 5.41) is 5.31. The summed E-state index contributed by atoms with van der Waals surface area (Å²) < 4.78 is 13.0. The minimum atomic E-state index is -0.895. The summed E-state index contributed by atoms with van der Waals surface area (Å²) in [6.45, 7) is 3.07. The molecule has 0 aromatic heterocycles. The molecule has 0 bridgehead atoms. The largest absolute Gasteiger partial charge is 0.353 e. The number of piperazine rings is 2. The van der Waals surface area contributed by atoms with Gasteiger partial charge in [0.1, 0.15) is 11.9 Å². The molecule has 2 heterocycles. The van der Waals surface area contributed by atoms with Crippen LogP contribution in [0.25, 0.3) is 0 Å². The lowest BCUT2D eigenvalue weighted by molar-refractivity contribution is -0.145. The molecule has 1 aromatic carbocycles. The number of nitrogens with one attached hydrogen (secondary N) is 2. The molecule has 0 radical (unpaired) electrons. The maximum atomic E-state index is 13.0. The van der Waals surface area contributed by atoms with Crippen LogP contribution in [0.5, 0.6) is 0 Å². The van der Waals surface area contributed by atoms with Gasteiger partial charge in [-0.1, -0.05) is 0 Å². The van der Waals surface area contributed by atoms with Gasteiger partial charge in [0.25, 0.3) is 0 Å². The quantitative estimate of drug-likeness (QED) is 0.607. The fourth-order valence-electron chi connectivity index (χ4n) is 3.45. The number of halogens is 1. The molecule has 1 aromatic rings. The molecule has 10 heteroatoms. The number of anilines is 1. The van der Waals surface area contributed by atoms with Gasteiger partial charge in [-0.15, -0.1) is 0 Å². The summed E-state index contributed by atoms with van der Waals surface area (Å²) >= 11 is 0. The van der Waals surface area contributed by atoms with Gasteiger partial charge in [-0.25, -0.2) is 4.39 Å². The molecule has 1 atom stereocenters. The Bertz CT molecular complexity index is 764. The van der Waals surface area contributed by atoms with E-state index in [1.807, 2.05) is 4.90 Å². The van der Waals surface area contributed by atoms with Gasteiger partial charge in [-0.05, 0) is 24.3 Å². The van der Waals surface area contributed by atoms with Crippen molar-refractivity contribution in [2.45, 2.75) is 12.5 Å². The predicted molar refractivity (Wildman–Crippen MR) is 102 cm³/mol. The molecule has 0 aliphatic carbocycles. The van der Waals surface area contributed by atoms with E-state index in [1.165, 1.54) is 29.2 Å². The average molecular weight is 405 g/mol. The van der Waals surface area contributed by atoms with Crippen LogP contribution in [-0.2, 0) is 19.2 Å². The molecule has 2 N–H and O–H groups in total. The highest BCUT2D eigenvalue weighted by Crippen LogP contribution is 2.14. The van der Waals surface area contributed by atoms with Crippen LogP contribution in [0, 0.1) is 5.82 Å². The molecule has 156 valence electrons. The smallest absolute Gasteiger partial charge is 0.243 e. The number of hydrogen-bond donors (Lipinski definition) is 2. The molecular weight excluding hydrogens is 381 g/mol. The number of hydrogen-bond acceptors (Lipinski definition) is 5. The molecule has 0 unspecified atom stereocenters. The van der Waals surface area contributed by atoms with Crippen molar-refractivity contribution < 1.29 is 23.6 Å². The zero-order chi connectivity index (χ0) is 20.8. The van der Waals surface area contributed by atoms with Crippen molar-refractivity contribution in [2.75, 3.05) is 51.1 Å². The van der Waals surface area contributed by atoms with E-state index in [4.69, 9.17) is 0 Å². The van der Waals surface area contributed by atoms with Crippen LogP contribution in [0.1, 0.15) is 6.42 Å². The predicted octanol–water partition coefficient (Wildman–Crippen LogP) is -0.745. The lowest BCUT2D eigenvalue weighted by Crippen LogP contribution is -2.60. The number of benzene rings is 1. The Kier molecular flexibility index (Phi) is 6.76. The van der Waals surface area contributed by atoms with Crippen LogP contribution >= 0.6 is 0 Å². The Hall–Kier alpha value is -3.01. The van der Waals surface area contributed by atoms with Crippen molar-refractivity contribution in [1.82, 2.24) is 20.0 Å². The fraction of sp³-hybridized carbons (Fsp3) is 0.474. The monoisotopic (exact) mass is 405 g/mol. The molecule has 0 saturated carbocycles. The molecule has 0 spiro atoms. The minimum absolute atomic E-state index is 0.135. The van der Waals surface area contributed by atoms with Crippen molar-refractivity contribution in [1.29, 1.82) is 0 Å². The van der Waals surface area contributed by atoms with E-state index in [0.29, 0.717) is 45.0 Å². The lowest BCUT2D eigenvalue weighted by atomic mass is 10.1. The summed E-state index contributed by atoms with van der Waals surface area (Å²) in [5.41, 5.74) is 0.415. The second-order valence-corrected chi connectivity index (χ2v) is 7.07. The first-order valence-electron chi connectivity index (χ1n) is 9.50. The summed E-state index contributed by atoms with van der Waals surface area (Å²) in [6.07, 6.45) is 0.609. The molecule has 2 aliphatic rings. The van der Waals surface area contributed by atoms with Gasteiger partial charge in [-0.3, -0.25) is 24.1 Å². The van der Waals surface area contributed by atoms with E-state index >= 15 is 0 Å². The van der Waals surface area contributed by atoms with Crippen LogP contribution in [0.3, 0.4) is 0 Å². The molecule has 2 aliphatic heterocycles. The highest BCUT2D eigenvalue weighted by atomic mass is 19.1. The van der Waals surface area contributed by atoms with E-state index in [-0.39, 0.29) is 24.8 Å². The van der Waals surface area contributed by atoms with E-state index < -0.39 is 17.8 Å². The van der Waals surface area contributed by atoms with Crippen LogP contribution in [-0.4, -0.2) is 90.7 Å². The fourth-order valence-corrected chi connectivity index (χ4v) is 3.45. The Morgan fingerprint density at radius 3 is 2.48 bits per heavy atom. The first-order valence-corrected chi connectivity index (χ1v) is 9.50.